The molecule has 0 saturated carbocycles. The molecule has 0 aliphatic rings. The van der Waals surface area contributed by atoms with Crippen molar-refractivity contribution in [1.82, 2.24) is 10.2 Å². The van der Waals surface area contributed by atoms with Gasteiger partial charge in [0.05, 0.1) is 7.11 Å². The first-order valence-corrected chi connectivity index (χ1v) is 6.67. The van der Waals surface area contributed by atoms with Crippen LogP contribution in [-0.4, -0.2) is 29.9 Å². The maximum atomic E-state index is 11.1. The molecule has 0 fully saturated rings. The maximum absolute atomic E-state index is 11.1. The third-order valence-electron chi connectivity index (χ3n) is 2.97. The molecule has 110 valence electrons. The Morgan fingerprint density at radius 1 is 1.29 bits per heavy atom. The molecule has 0 aliphatic carbocycles. The van der Waals surface area contributed by atoms with Gasteiger partial charge in [0, 0.05) is 12.2 Å². The number of anilines is 3. The number of carbonyl (C=O) groups excluding carboxylic acids is 1. The van der Waals surface area contributed by atoms with Crippen LogP contribution in [0.15, 0.2) is 36.4 Å². The molecule has 21 heavy (non-hydrogen) atoms. The molecular weight excluding hydrogens is 268 g/mol. The van der Waals surface area contributed by atoms with Crippen LogP contribution < -0.4 is 10.2 Å². The van der Waals surface area contributed by atoms with Gasteiger partial charge in [-0.05, 0) is 43.7 Å². The molecule has 0 radical (unpaired) electrons. The van der Waals surface area contributed by atoms with Crippen LogP contribution in [0, 0.1) is 6.92 Å². The summed E-state index contributed by atoms with van der Waals surface area (Å²) >= 11 is 0. The topological polar surface area (TPSA) is 67.4 Å². The summed E-state index contributed by atoms with van der Waals surface area (Å²) in [6.45, 7) is 4.86. The molecule has 2 aromatic rings. The first-order valence-electron chi connectivity index (χ1n) is 6.67. The van der Waals surface area contributed by atoms with E-state index in [1.165, 1.54) is 12.7 Å². The summed E-state index contributed by atoms with van der Waals surface area (Å²) in [7, 11) is 1.30. The summed E-state index contributed by atoms with van der Waals surface area (Å²) in [5.74, 6) is 1.07. The van der Waals surface area contributed by atoms with E-state index < -0.39 is 6.09 Å². The first kappa shape index (κ1) is 14.8. The second-order valence-corrected chi connectivity index (χ2v) is 4.48. The highest BCUT2D eigenvalue weighted by atomic mass is 16.5. The average molecular weight is 286 g/mol. The number of benzene rings is 1. The van der Waals surface area contributed by atoms with E-state index in [-0.39, 0.29) is 0 Å². The van der Waals surface area contributed by atoms with E-state index in [4.69, 9.17) is 0 Å². The third-order valence-corrected chi connectivity index (χ3v) is 2.97. The number of aryl methyl sites for hydroxylation is 1. The number of methoxy groups -OCH3 is 1. The Morgan fingerprint density at radius 3 is 2.67 bits per heavy atom. The minimum absolute atomic E-state index is 0.353. The predicted octanol–water partition coefficient (Wildman–Crippen LogP) is 3.12. The van der Waals surface area contributed by atoms with Gasteiger partial charge in [-0.2, -0.15) is 0 Å². The lowest BCUT2D eigenvalue weighted by Gasteiger charge is -2.22. The van der Waals surface area contributed by atoms with E-state index in [1.807, 2.05) is 43.0 Å². The van der Waals surface area contributed by atoms with Crippen molar-refractivity contribution in [3.63, 3.8) is 0 Å². The highest BCUT2D eigenvalue weighted by Crippen LogP contribution is 2.24. The second-order valence-electron chi connectivity index (χ2n) is 4.48. The molecular formula is C15H18N4O2. The van der Waals surface area contributed by atoms with Crippen molar-refractivity contribution in [3.8, 4) is 0 Å². The van der Waals surface area contributed by atoms with Crippen molar-refractivity contribution in [3.05, 3.63) is 42.0 Å². The molecule has 0 atom stereocenters. The molecule has 6 heteroatoms. The van der Waals surface area contributed by atoms with Crippen LogP contribution >= 0.6 is 0 Å². The minimum Gasteiger partial charge on any atom is -0.453 e. The van der Waals surface area contributed by atoms with Gasteiger partial charge in [-0.15, -0.1) is 10.2 Å². The molecule has 1 aromatic heterocycles. The number of carbonyl (C=O) groups is 1. The zero-order valence-corrected chi connectivity index (χ0v) is 12.3. The van der Waals surface area contributed by atoms with Gasteiger partial charge in [-0.3, -0.25) is 5.32 Å². The van der Waals surface area contributed by atoms with Gasteiger partial charge in [0.2, 0.25) is 0 Å². The van der Waals surface area contributed by atoms with Crippen LogP contribution in [0.1, 0.15) is 12.5 Å². The van der Waals surface area contributed by atoms with E-state index in [0.717, 1.165) is 18.1 Å². The second kappa shape index (κ2) is 6.69. The highest BCUT2D eigenvalue weighted by molar-refractivity contribution is 5.83. The Kier molecular flexibility index (Phi) is 4.71. The lowest BCUT2D eigenvalue weighted by atomic mass is 10.2. The van der Waals surface area contributed by atoms with Crippen molar-refractivity contribution in [2.24, 2.45) is 0 Å². The molecule has 1 aromatic carbocycles. The molecule has 1 amide bonds. The number of amides is 1. The molecule has 0 aliphatic heterocycles. The van der Waals surface area contributed by atoms with Crippen molar-refractivity contribution in [2.45, 2.75) is 13.8 Å². The molecule has 2 rings (SSSR count). The van der Waals surface area contributed by atoms with Crippen LogP contribution in [-0.2, 0) is 4.74 Å². The summed E-state index contributed by atoms with van der Waals surface area (Å²) in [6, 6.07) is 11.7. The van der Waals surface area contributed by atoms with Crippen LogP contribution in [0.4, 0.5) is 22.1 Å². The van der Waals surface area contributed by atoms with E-state index in [0.29, 0.717) is 5.82 Å². The molecule has 0 unspecified atom stereocenters. The molecule has 0 spiro atoms. The Hall–Kier alpha value is -2.63. The Bertz CT molecular complexity index is 613. The number of ether oxygens (including phenoxy) is 1. The van der Waals surface area contributed by atoms with Crippen LogP contribution in [0.25, 0.3) is 0 Å². The number of nitrogens with one attached hydrogen (secondary N) is 1. The van der Waals surface area contributed by atoms with Crippen molar-refractivity contribution in [2.75, 3.05) is 23.9 Å². The minimum atomic E-state index is -0.567. The fourth-order valence-corrected chi connectivity index (χ4v) is 1.96. The lowest BCUT2D eigenvalue weighted by molar-refractivity contribution is 0.187. The molecule has 1 heterocycles. The standard InChI is InChI=1S/C15H18N4O2/c1-4-19(12-7-5-6-11(2)10-12)14-9-8-13(17-18-14)16-15(20)21-3/h5-10H,4H2,1-3H3,(H,16,17,20). The van der Waals surface area contributed by atoms with Gasteiger partial charge < -0.3 is 9.64 Å². The van der Waals surface area contributed by atoms with Gasteiger partial charge in [0.1, 0.15) is 0 Å². The van der Waals surface area contributed by atoms with E-state index in [2.05, 4.69) is 26.3 Å². The Balaban J connectivity index is 2.21. The van der Waals surface area contributed by atoms with Gasteiger partial charge >= 0.3 is 6.09 Å². The van der Waals surface area contributed by atoms with E-state index in [9.17, 15) is 4.79 Å². The van der Waals surface area contributed by atoms with Gasteiger partial charge in [-0.25, -0.2) is 4.79 Å². The number of aromatic nitrogens is 2. The first-order chi connectivity index (χ1) is 10.1. The van der Waals surface area contributed by atoms with Crippen molar-refractivity contribution >= 4 is 23.4 Å². The number of nitrogens with zero attached hydrogens (tertiary/aromatic N) is 3. The monoisotopic (exact) mass is 286 g/mol. The summed E-state index contributed by atoms with van der Waals surface area (Å²) in [4.78, 5) is 13.1. The fourth-order valence-electron chi connectivity index (χ4n) is 1.96. The van der Waals surface area contributed by atoms with Gasteiger partial charge in [-0.1, -0.05) is 12.1 Å². The molecule has 6 nitrogen and oxygen atoms in total. The normalized spacial score (nSPS) is 10.0. The number of rotatable bonds is 4. The summed E-state index contributed by atoms with van der Waals surface area (Å²) in [5.41, 5.74) is 2.24. The number of hydrogen-bond acceptors (Lipinski definition) is 5. The smallest absolute Gasteiger partial charge is 0.412 e. The SMILES string of the molecule is CCN(c1cccc(C)c1)c1ccc(NC(=O)OC)nn1. The van der Waals surface area contributed by atoms with E-state index >= 15 is 0 Å². The zero-order valence-electron chi connectivity index (χ0n) is 12.3. The maximum Gasteiger partial charge on any atom is 0.412 e. The zero-order chi connectivity index (χ0) is 15.2. The third kappa shape index (κ3) is 3.68. The Labute approximate surface area is 123 Å². The van der Waals surface area contributed by atoms with E-state index in [1.54, 1.807) is 6.07 Å². The van der Waals surface area contributed by atoms with Gasteiger partial charge in [0.15, 0.2) is 11.6 Å². The average Bonchev–Trinajstić information content (AvgIpc) is 2.50. The fraction of sp³-hybridized carbons (Fsp3) is 0.267. The molecule has 1 N–H and O–H groups in total. The summed E-state index contributed by atoms with van der Waals surface area (Å²) < 4.78 is 4.51. The summed E-state index contributed by atoms with van der Waals surface area (Å²) in [5, 5.41) is 10.6. The van der Waals surface area contributed by atoms with Crippen LogP contribution in [0.3, 0.4) is 0 Å². The molecule has 0 bridgehead atoms. The van der Waals surface area contributed by atoms with Crippen molar-refractivity contribution < 1.29 is 9.53 Å². The Morgan fingerprint density at radius 2 is 2.10 bits per heavy atom. The predicted molar refractivity (Wildman–Crippen MR) is 81.9 cm³/mol. The highest BCUT2D eigenvalue weighted by Gasteiger charge is 2.10. The summed E-state index contributed by atoms with van der Waals surface area (Å²) in [6.07, 6.45) is -0.567. The van der Waals surface area contributed by atoms with Crippen LogP contribution in [0.2, 0.25) is 0 Å². The van der Waals surface area contributed by atoms with Crippen molar-refractivity contribution in [1.29, 1.82) is 0 Å². The molecule has 0 saturated heterocycles. The van der Waals surface area contributed by atoms with Gasteiger partial charge in [0.25, 0.3) is 0 Å². The largest absolute Gasteiger partial charge is 0.453 e. The quantitative estimate of drug-likeness (QED) is 0.935. The number of hydrogen-bond donors (Lipinski definition) is 1. The van der Waals surface area contributed by atoms with Crippen LogP contribution in [0.5, 0.6) is 0 Å². The lowest BCUT2D eigenvalue weighted by Crippen LogP contribution is -2.19.